The Hall–Kier alpha value is -1.84. The molecule has 0 aromatic heterocycles. The molecule has 0 amide bonds. The van der Waals surface area contributed by atoms with Gasteiger partial charge >= 0.3 is 11.9 Å². The van der Waals surface area contributed by atoms with E-state index in [1.165, 1.54) is 0 Å². The molecule has 1 aromatic carbocycles. The van der Waals surface area contributed by atoms with Crippen molar-refractivity contribution in [1.82, 2.24) is 0 Å². The van der Waals surface area contributed by atoms with Crippen LogP contribution in [0.2, 0.25) is 0 Å². The monoisotopic (exact) mass is 306 g/mol. The van der Waals surface area contributed by atoms with Gasteiger partial charge in [-0.1, -0.05) is 29.8 Å². The normalized spacial score (nSPS) is 12.2. The summed E-state index contributed by atoms with van der Waals surface area (Å²) in [4.78, 5) is 24.9. The molecule has 0 N–H and O–H groups in total. The lowest BCUT2D eigenvalue weighted by Crippen LogP contribution is -2.35. The number of carbonyl (C=O) groups excluding carboxylic acids is 2. The Labute approximate surface area is 132 Å². The summed E-state index contributed by atoms with van der Waals surface area (Å²) in [7, 11) is 0. The predicted octanol–water partition coefficient (Wildman–Crippen LogP) is 3.76. The van der Waals surface area contributed by atoms with Crippen LogP contribution in [0.15, 0.2) is 24.3 Å². The molecule has 0 fully saturated rings. The Morgan fingerprint density at radius 3 is 1.50 bits per heavy atom. The van der Waals surface area contributed by atoms with Gasteiger partial charge < -0.3 is 9.47 Å². The van der Waals surface area contributed by atoms with E-state index in [2.05, 4.69) is 0 Å². The first-order valence-electron chi connectivity index (χ1n) is 7.41. The van der Waals surface area contributed by atoms with Gasteiger partial charge in [0.2, 0.25) is 0 Å². The molecule has 4 heteroatoms. The Morgan fingerprint density at radius 1 is 0.818 bits per heavy atom. The summed E-state index contributed by atoms with van der Waals surface area (Å²) in [6.45, 7) is 12.6. The van der Waals surface area contributed by atoms with Crippen molar-refractivity contribution in [3.05, 3.63) is 35.4 Å². The molecule has 1 aromatic rings. The van der Waals surface area contributed by atoms with E-state index in [9.17, 15) is 9.59 Å². The standard InChI is InChI=1S/C18H26O4/c1-12-8-10-13(11-9-12)14(15(19)21-17(2,3)4)16(20)22-18(5,6)7/h8-11,14H,1-7H3. The minimum atomic E-state index is -1.07. The third-order valence-corrected chi connectivity index (χ3v) is 2.70. The van der Waals surface area contributed by atoms with E-state index in [4.69, 9.17) is 9.47 Å². The average molecular weight is 306 g/mol. The maximum Gasteiger partial charge on any atom is 0.325 e. The molecule has 22 heavy (non-hydrogen) atoms. The van der Waals surface area contributed by atoms with Gasteiger partial charge in [0.05, 0.1) is 0 Å². The maximum absolute atomic E-state index is 12.4. The second-order valence-electron chi connectivity index (χ2n) is 7.41. The summed E-state index contributed by atoms with van der Waals surface area (Å²) < 4.78 is 10.8. The molecular weight excluding hydrogens is 280 g/mol. The fraction of sp³-hybridized carbons (Fsp3) is 0.556. The molecule has 0 radical (unpaired) electrons. The zero-order chi connectivity index (χ0) is 17.1. The molecule has 0 aliphatic rings. The van der Waals surface area contributed by atoms with Crippen LogP contribution in [0.4, 0.5) is 0 Å². The Kier molecular flexibility index (Phi) is 5.39. The van der Waals surface area contributed by atoms with Crippen molar-refractivity contribution in [2.75, 3.05) is 0 Å². The highest BCUT2D eigenvalue weighted by atomic mass is 16.6. The highest BCUT2D eigenvalue weighted by Crippen LogP contribution is 2.25. The highest BCUT2D eigenvalue weighted by molar-refractivity contribution is 6.01. The van der Waals surface area contributed by atoms with Gasteiger partial charge in [0.1, 0.15) is 11.2 Å². The van der Waals surface area contributed by atoms with Crippen LogP contribution < -0.4 is 0 Å². The van der Waals surface area contributed by atoms with Gasteiger partial charge in [0.15, 0.2) is 5.92 Å². The van der Waals surface area contributed by atoms with Crippen LogP contribution >= 0.6 is 0 Å². The summed E-state index contributed by atoms with van der Waals surface area (Å²) in [6, 6.07) is 7.23. The zero-order valence-corrected chi connectivity index (χ0v) is 14.5. The first kappa shape index (κ1) is 18.2. The topological polar surface area (TPSA) is 52.6 Å². The smallest absolute Gasteiger partial charge is 0.325 e. The number of rotatable bonds is 3. The van der Waals surface area contributed by atoms with Gasteiger partial charge in [0.25, 0.3) is 0 Å². The van der Waals surface area contributed by atoms with Crippen molar-refractivity contribution in [3.63, 3.8) is 0 Å². The Balaban J connectivity index is 3.12. The largest absolute Gasteiger partial charge is 0.459 e. The van der Waals surface area contributed by atoms with Crippen molar-refractivity contribution in [3.8, 4) is 0 Å². The molecule has 0 saturated heterocycles. The van der Waals surface area contributed by atoms with Gasteiger partial charge in [-0.2, -0.15) is 0 Å². The number of hydrogen-bond acceptors (Lipinski definition) is 4. The van der Waals surface area contributed by atoms with Crippen LogP contribution in [0.3, 0.4) is 0 Å². The molecular formula is C18H26O4. The summed E-state index contributed by atoms with van der Waals surface area (Å²) in [5.74, 6) is -2.25. The first-order chi connectivity index (χ1) is 9.89. The first-order valence-corrected chi connectivity index (χ1v) is 7.41. The molecule has 122 valence electrons. The SMILES string of the molecule is Cc1ccc(C(C(=O)OC(C)(C)C)C(=O)OC(C)(C)C)cc1. The third kappa shape index (κ3) is 5.88. The van der Waals surface area contributed by atoms with Crippen LogP contribution in [-0.4, -0.2) is 23.1 Å². The van der Waals surface area contributed by atoms with Crippen molar-refractivity contribution in [1.29, 1.82) is 0 Å². The molecule has 0 spiro atoms. The minimum absolute atomic E-state index is 0.578. The highest BCUT2D eigenvalue weighted by Gasteiger charge is 2.36. The summed E-state index contributed by atoms with van der Waals surface area (Å²) in [5.41, 5.74) is 0.300. The maximum atomic E-state index is 12.4. The quantitative estimate of drug-likeness (QED) is 0.630. The van der Waals surface area contributed by atoms with E-state index in [-0.39, 0.29) is 0 Å². The average Bonchev–Trinajstić information content (AvgIpc) is 2.27. The molecule has 4 nitrogen and oxygen atoms in total. The Morgan fingerprint density at radius 2 is 1.18 bits per heavy atom. The zero-order valence-electron chi connectivity index (χ0n) is 14.5. The number of aryl methyl sites for hydroxylation is 1. The van der Waals surface area contributed by atoms with E-state index in [1.807, 2.05) is 19.1 Å². The second-order valence-corrected chi connectivity index (χ2v) is 7.41. The van der Waals surface area contributed by atoms with Crippen molar-refractivity contribution < 1.29 is 19.1 Å². The summed E-state index contributed by atoms with van der Waals surface area (Å²) in [6.07, 6.45) is 0. The predicted molar refractivity (Wildman–Crippen MR) is 85.6 cm³/mol. The van der Waals surface area contributed by atoms with Crippen LogP contribution in [0.5, 0.6) is 0 Å². The fourth-order valence-corrected chi connectivity index (χ4v) is 1.85. The second kappa shape index (κ2) is 6.51. The van der Waals surface area contributed by atoms with Gasteiger partial charge in [-0.15, -0.1) is 0 Å². The number of benzene rings is 1. The van der Waals surface area contributed by atoms with Crippen LogP contribution in [-0.2, 0) is 19.1 Å². The van der Waals surface area contributed by atoms with Crippen molar-refractivity contribution in [2.45, 2.75) is 65.6 Å². The fourth-order valence-electron chi connectivity index (χ4n) is 1.85. The molecule has 0 bridgehead atoms. The number of carbonyl (C=O) groups is 2. The summed E-state index contributed by atoms with van der Waals surface area (Å²) in [5, 5.41) is 0. The van der Waals surface area contributed by atoms with Crippen molar-refractivity contribution in [2.24, 2.45) is 0 Å². The lowest BCUT2D eigenvalue weighted by molar-refractivity contribution is -0.169. The molecule has 0 aliphatic heterocycles. The van der Waals surface area contributed by atoms with Gasteiger partial charge in [-0.25, -0.2) is 0 Å². The van der Waals surface area contributed by atoms with E-state index in [1.54, 1.807) is 53.7 Å². The molecule has 0 unspecified atom stereocenters. The molecule has 0 aliphatic carbocycles. The summed E-state index contributed by atoms with van der Waals surface area (Å²) >= 11 is 0. The van der Waals surface area contributed by atoms with E-state index < -0.39 is 29.1 Å². The van der Waals surface area contributed by atoms with Crippen LogP contribution in [0.1, 0.15) is 58.6 Å². The van der Waals surface area contributed by atoms with Gasteiger partial charge in [0, 0.05) is 0 Å². The van der Waals surface area contributed by atoms with Crippen LogP contribution in [0.25, 0.3) is 0 Å². The number of hydrogen-bond donors (Lipinski definition) is 0. The van der Waals surface area contributed by atoms with E-state index in [0.29, 0.717) is 5.56 Å². The lowest BCUT2D eigenvalue weighted by Gasteiger charge is -2.26. The number of ether oxygens (including phenoxy) is 2. The third-order valence-electron chi connectivity index (χ3n) is 2.70. The van der Waals surface area contributed by atoms with E-state index in [0.717, 1.165) is 5.56 Å². The minimum Gasteiger partial charge on any atom is -0.459 e. The van der Waals surface area contributed by atoms with Crippen molar-refractivity contribution >= 4 is 11.9 Å². The number of esters is 2. The van der Waals surface area contributed by atoms with Crippen LogP contribution in [0, 0.1) is 6.92 Å². The lowest BCUT2D eigenvalue weighted by atomic mass is 9.97. The Bertz CT molecular complexity index is 502. The van der Waals surface area contributed by atoms with Gasteiger partial charge in [-0.3, -0.25) is 9.59 Å². The van der Waals surface area contributed by atoms with Gasteiger partial charge in [-0.05, 0) is 54.0 Å². The van der Waals surface area contributed by atoms with E-state index >= 15 is 0 Å². The molecule has 1 rings (SSSR count). The molecule has 0 atom stereocenters. The molecule has 0 saturated carbocycles. The molecule has 0 heterocycles.